The predicted octanol–water partition coefficient (Wildman–Crippen LogP) is 7.71. The molecule has 5 aromatic rings. The predicted molar refractivity (Wildman–Crippen MR) is 150 cm³/mol. The summed E-state index contributed by atoms with van der Waals surface area (Å²) in [5, 5.41) is 13.7. The average molecular weight is 636 g/mol. The summed E-state index contributed by atoms with van der Waals surface area (Å²) in [4.78, 5) is 29.1. The summed E-state index contributed by atoms with van der Waals surface area (Å²) in [5.74, 6) is -3.70. The molecule has 0 saturated heterocycles. The highest BCUT2D eigenvalue weighted by Crippen LogP contribution is 2.34. The molecule has 0 aliphatic rings. The molecule has 0 bridgehead atoms. The molecule has 0 aliphatic heterocycles. The van der Waals surface area contributed by atoms with Gasteiger partial charge in [0.05, 0.1) is 16.4 Å². The summed E-state index contributed by atoms with van der Waals surface area (Å²) in [6.45, 7) is 1.72. The minimum absolute atomic E-state index is 0.00297. The molecule has 15 heteroatoms. The third kappa shape index (κ3) is 6.10. The highest BCUT2D eigenvalue weighted by atomic mass is 35.5. The van der Waals surface area contributed by atoms with Crippen molar-refractivity contribution < 1.29 is 27.3 Å². The zero-order chi connectivity index (χ0) is 30.2. The Kier molecular flexibility index (Phi) is 7.95. The fourth-order valence-electron chi connectivity index (χ4n) is 3.98. The zero-order valence-corrected chi connectivity index (χ0v) is 23.4. The van der Waals surface area contributed by atoms with Crippen LogP contribution in [0.1, 0.15) is 32.3 Å². The fourth-order valence-corrected chi connectivity index (χ4v) is 4.59. The lowest BCUT2D eigenvalue weighted by atomic mass is 10.1. The van der Waals surface area contributed by atoms with Gasteiger partial charge in [-0.2, -0.15) is 23.3 Å². The lowest BCUT2D eigenvalue weighted by Crippen LogP contribution is -2.16. The van der Waals surface area contributed by atoms with Crippen LogP contribution in [0.2, 0.25) is 15.1 Å². The van der Waals surface area contributed by atoms with Crippen LogP contribution in [0.15, 0.2) is 71.3 Å². The van der Waals surface area contributed by atoms with Crippen LogP contribution in [0.3, 0.4) is 0 Å². The average Bonchev–Trinajstić information content (AvgIpc) is 3.54. The standard InChI is InChI=1S/C27H16Cl3F3N6O3/c1-13-21(37-39(20-10-9-17(29)12-19(20)30)22(13)14-5-7-16(28)8-6-14)24(41)34-18-4-2-3-15(11-18)23(40)35-26-36-25(42-38-26)27(31,32)33/h2-12H,1H3,(H,34,41)(H,35,38,40). The molecular weight excluding hydrogens is 620 g/mol. The summed E-state index contributed by atoms with van der Waals surface area (Å²) in [6.07, 6.45) is -4.86. The number of hydrogen-bond donors (Lipinski definition) is 2. The maximum Gasteiger partial charge on any atom is 0.471 e. The van der Waals surface area contributed by atoms with E-state index in [9.17, 15) is 22.8 Å². The van der Waals surface area contributed by atoms with Gasteiger partial charge in [-0.25, -0.2) is 4.68 Å². The molecular formula is C27H16Cl3F3N6O3. The van der Waals surface area contributed by atoms with Gasteiger partial charge in [-0.05, 0) is 60.6 Å². The molecule has 0 spiro atoms. The van der Waals surface area contributed by atoms with Crippen LogP contribution in [0.25, 0.3) is 16.9 Å². The van der Waals surface area contributed by atoms with E-state index in [0.717, 1.165) is 0 Å². The summed E-state index contributed by atoms with van der Waals surface area (Å²) in [6, 6.07) is 17.5. The number of alkyl halides is 3. The maximum atomic E-state index is 13.4. The zero-order valence-electron chi connectivity index (χ0n) is 21.1. The van der Waals surface area contributed by atoms with Gasteiger partial charge in [-0.15, -0.1) is 0 Å². The number of hydrogen-bond acceptors (Lipinski definition) is 6. The van der Waals surface area contributed by atoms with Crippen molar-refractivity contribution in [3.8, 4) is 16.9 Å². The largest absolute Gasteiger partial charge is 0.471 e. The Balaban J connectivity index is 1.44. The van der Waals surface area contributed by atoms with Crippen molar-refractivity contribution in [1.82, 2.24) is 19.9 Å². The van der Waals surface area contributed by atoms with Crippen LogP contribution in [0, 0.1) is 6.92 Å². The number of anilines is 2. The number of halogens is 6. The van der Waals surface area contributed by atoms with Crippen molar-refractivity contribution in [3.05, 3.63) is 105 Å². The first-order chi connectivity index (χ1) is 19.9. The molecule has 3 aromatic carbocycles. The van der Waals surface area contributed by atoms with Gasteiger partial charge in [0, 0.05) is 32.4 Å². The van der Waals surface area contributed by atoms with Crippen LogP contribution >= 0.6 is 34.8 Å². The highest BCUT2D eigenvalue weighted by molar-refractivity contribution is 6.35. The summed E-state index contributed by atoms with van der Waals surface area (Å²) in [7, 11) is 0. The molecule has 0 atom stereocenters. The van der Waals surface area contributed by atoms with Crippen molar-refractivity contribution in [2.24, 2.45) is 0 Å². The Labute approximate surface area is 250 Å². The van der Waals surface area contributed by atoms with Crippen LogP contribution in [0.5, 0.6) is 0 Å². The van der Waals surface area contributed by atoms with Gasteiger partial charge in [0.25, 0.3) is 17.8 Å². The SMILES string of the molecule is Cc1c(C(=O)Nc2cccc(C(=O)Nc3noc(C(F)(F)F)n3)c2)nn(-c2ccc(Cl)cc2Cl)c1-c1ccc(Cl)cc1. The van der Waals surface area contributed by atoms with Crippen molar-refractivity contribution in [2.45, 2.75) is 13.1 Å². The number of nitrogens with zero attached hydrogens (tertiary/aromatic N) is 4. The van der Waals surface area contributed by atoms with E-state index in [-0.39, 0.29) is 16.9 Å². The normalized spacial score (nSPS) is 11.4. The molecule has 0 saturated carbocycles. The molecule has 0 unspecified atom stereocenters. The second-order valence-corrected chi connectivity index (χ2v) is 10.0. The number of nitrogens with one attached hydrogen (secondary N) is 2. The second kappa shape index (κ2) is 11.5. The molecule has 214 valence electrons. The van der Waals surface area contributed by atoms with Crippen molar-refractivity contribution >= 4 is 58.3 Å². The number of amides is 2. The lowest BCUT2D eigenvalue weighted by Gasteiger charge is -2.11. The Bertz CT molecular complexity index is 1820. The quantitative estimate of drug-likeness (QED) is 0.198. The van der Waals surface area contributed by atoms with Crippen molar-refractivity contribution in [2.75, 3.05) is 10.6 Å². The van der Waals surface area contributed by atoms with Crippen LogP contribution < -0.4 is 10.6 Å². The van der Waals surface area contributed by atoms with E-state index in [0.29, 0.717) is 37.6 Å². The van der Waals surface area contributed by atoms with E-state index in [4.69, 9.17) is 34.8 Å². The first-order valence-electron chi connectivity index (χ1n) is 11.9. The number of aromatic nitrogens is 4. The molecule has 2 heterocycles. The minimum Gasteiger partial charge on any atom is -0.327 e. The van der Waals surface area contributed by atoms with Gasteiger partial charge in [0.2, 0.25) is 0 Å². The lowest BCUT2D eigenvalue weighted by molar-refractivity contribution is -0.159. The molecule has 2 N–H and O–H groups in total. The van der Waals surface area contributed by atoms with Gasteiger partial charge in [-0.1, -0.05) is 53.0 Å². The third-order valence-corrected chi connectivity index (χ3v) is 6.66. The molecule has 0 aliphatic carbocycles. The number of rotatable bonds is 6. The molecule has 5 rings (SSSR count). The Morgan fingerprint density at radius 2 is 1.62 bits per heavy atom. The van der Waals surface area contributed by atoms with Gasteiger partial charge >= 0.3 is 12.1 Å². The molecule has 2 aromatic heterocycles. The Morgan fingerprint density at radius 3 is 2.29 bits per heavy atom. The van der Waals surface area contributed by atoms with E-state index in [2.05, 4.69) is 30.4 Å². The van der Waals surface area contributed by atoms with Gasteiger partial charge in [0.1, 0.15) is 0 Å². The van der Waals surface area contributed by atoms with Crippen LogP contribution in [-0.4, -0.2) is 31.7 Å². The van der Waals surface area contributed by atoms with Crippen molar-refractivity contribution in [1.29, 1.82) is 0 Å². The van der Waals surface area contributed by atoms with E-state index in [1.165, 1.54) is 28.9 Å². The maximum absolute atomic E-state index is 13.4. The number of carbonyl (C=O) groups is 2. The first kappa shape index (κ1) is 29.1. The minimum atomic E-state index is -4.86. The topological polar surface area (TPSA) is 115 Å². The molecule has 42 heavy (non-hydrogen) atoms. The molecule has 2 amide bonds. The van der Waals surface area contributed by atoms with E-state index in [1.54, 1.807) is 49.4 Å². The monoisotopic (exact) mass is 634 g/mol. The first-order valence-corrected chi connectivity index (χ1v) is 13.0. The molecule has 0 fully saturated rings. The summed E-state index contributed by atoms with van der Waals surface area (Å²) >= 11 is 18.6. The Morgan fingerprint density at radius 1 is 0.905 bits per heavy atom. The third-order valence-electron chi connectivity index (χ3n) is 5.87. The van der Waals surface area contributed by atoms with Crippen molar-refractivity contribution in [3.63, 3.8) is 0 Å². The number of benzene rings is 3. The second-order valence-electron chi connectivity index (χ2n) is 8.75. The van der Waals surface area contributed by atoms with E-state index < -0.39 is 29.8 Å². The van der Waals surface area contributed by atoms with E-state index >= 15 is 0 Å². The summed E-state index contributed by atoms with van der Waals surface area (Å²) in [5.41, 5.74) is 2.56. The van der Waals surface area contributed by atoms with E-state index in [1.807, 2.05) is 0 Å². The molecule has 0 radical (unpaired) electrons. The molecule has 9 nitrogen and oxygen atoms in total. The number of carbonyl (C=O) groups excluding carboxylic acids is 2. The van der Waals surface area contributed by atoms with Gasteiger partial charge in [0.15, 0.2) is 5.69 Å². The fraction of sp³-hybridized carbons (Fsp3) is 0.0741. The Hall–Kier alpha value is -4.39. The van der Waals surface area contributed by atoms with Crippen LogP contribution in [-0.2, 0) is 6.18 Å². The van der Waals surface area contributed by atoms with Crippen LogP contribution in [0.4, 0.5) is 24.8 Å². The highest BCUT2D eigenvalue weighted by Gasteiger charge is 2.38. The van der Waals surface area contributed by atoms with Gasteiger partial charge in [-0.3, -0.25) is 14.9 Å². The smallest absolute Gasteiger partial charge is 0.327 e. The summed E-state index contributed by atoms with van der Waals surface area (Å²) < 4.78 is 43.7. The van der Waals surface area contributed by atoms with Gasteiger partial charge < -0.3 is 9.84 Å².